The third-order valence-electron chi connectivity index (χ3n) is 8.59. The quantitative estimate of drug-likeness (QED) is 0.0774. The van der Waals surface area contributed by atoms with Crippen LogP contribution in [0.5, 0.6) is 0 Å². The molecule has 0 N–H and O–H groups in total. The monoisotopic (exact) mass is 536 g/mol. The lowest BCUT2D eigenvalue weighted by atomic mass is 10.0. The van der Waals surface area contributed by atoms with Crippen molar-refractivity contribution < 1.29 is 0 Å². The van der Waals surface area contributed by atoms with Gasteiger partial charge >= 0.3 is 0 Å². The van der Waals surface area contributed by atoms with Gasteiger partial charge in [0.2, 0.25) is 0 Å². The third kappa shape index (κ3) is 32.2. The van der Waals surface area contributed by atoms with Crippen LogP contribution in [0.3, 0.4) is 0 Å². The normalized spacial score (nSPS) is 12.0. The van der Waals surface area contributed by atoms with E-state index in [-0.39, 0.29) is 0 Å². The van der Waals surface area contributed by atoms with Crippen molar-refractivity contribution in [3.8, 4) is 0 Å². The highest BCUT2D eigenvalue weighted by Crippen LogP contribution is 2.15. The molecule has 0 aliphatic heterocycles. The van der Waals surface area contributed by atoms with Gasteiger partial charge < -0.3 is 4.90 Å². The summed E-state index contributed by atoms with van der Waals surface area (Å²) in [5.41, 5.74) is 0. The van der Waals surface area contributed by atoms with Crippen molar-refractivity contribution in [3.63, 3.8) is 0 Å². The van der Waals surface area contributed by atoms with Crippen LogP contribution in [0.1, 0.15) is 208 Å². The molecule has 0 heterocycles. The molecule has 0 aromatic heterocycles. The lowest BCUT2D eigenvalue weighted by Crippen LogP contribution is -2.27. The van der Waals surface area contributed by atoms with Crippen LogP contribution < -0.4 is 0 Å². The Morgan fingerprint density at radius 1 is 0.316 bits per heavy atom. The Hall–Kier alpha value is -0.0400. The molecule has 1 nitrogen and oxygen atoms in total. The fraction of sp³-hybridized carbons (Fsp3) is 1.00. The average molecular weight is 536 g/mol. The lowest BCUT2D eigenvalue weighted by molar-refractivity contribution is 0.254. The molecule has 0 atom stereocenters. The topological polar surface area (TPSA) is 3.24 Å². The Kier molecular flexibility index (Phi) is 31.5. The van der Waals surface area contributed by atoms with Gasteiger partial charge in [0.05, 0.1) is 0 Å². The zero-order valence-electron chi connectivity index (χ0n) is 27.8. The Morgan fingerprint density at radius 3 is 0.816 bits per heavy atom. The van der Waals surface area contributed by atoms with Gasteiger partial charge in [-0.3, -0.25) is 0 Å². The molecule has 0 spiro atoms. The summed E-state index contributed by atoms with van der Waals surface area (Å²) in [6, 6.07) is 0. The summed E-state index contributed by atoms with van der Waals surface area (Å²) in [5, 5.41) is 0. The van der Waals surface area contributed by atoms with E-state index in [4.69, 9.17) is 0 Å². The minimum absolute atomic E-state index is 0.880. The largest absolute Gasteiger partial charge is 0.303 e. The van der Waals surface area contributed by atoms with Crippen LogP contribution >= 0.6 is 0 Å². The summed E-state index contributed by atoms with van der Waals surface area (Å²) in [6.07, 6.45) is 39.2. The fourth-order valence-electron chi connectivity index (χ4n) is 5.88. The van der Waals surface area contributed by atoms with E-state index in [1.807, 2.05) is 0 Å². The van der Waals surface area contributed by atoms with Crippen molar-refractivity contribution in [2.24, 2.45) is 11.8 Å². The first kappa shape index (κ1) is 38.0. The minimum Gasteiger partial charge on any atom is -0.303 e. The highest BCUT2D eigenvalue weighted by molar-refractivity contribution is 4.61. The molecular formula is C37H77N. The smallest absolute Gasteiger partial charge is 0.00187 e. The molecule has 38 heavy (non-hydrogen) atoms. The highest BCUT2D eigenvalue weighted by Gasteiger charge is 2.05. The van der Waals surface area contributed by atoms with Crippen molar-refractivity contribution in [2.45, 2.75) is 208 Å². The van der Waals surface area contributed by atoms with Crippen LogP contribution in [-0.2, 0) is 0 Å². The second kappa shape index (κ2) is 31.5. The van der Waals surface area contributed by atoms with Crippen LogP contribution in [0.4, 0.5) is 0 Å². The van der Waals surface area contributed by atoms with Crippen molar-refractivity contribution in [2.75, 3.05) is 19.6 Å². The van der Waals surface area contributed by atoms with Gasteiger partial charge in [-0.05, 0) is 50.7 Å². The van der Waals surface area contributed by atoms with Crippen LogP contribution in [-0.4, -0.2) is 24.5 Å². The molecule has 0 saturated heterocycles. The van der Waals surface area contributed by atoms with E-state index in [1.165, 1.54) is 193 Å². The first-order valence-electron chi connectivity index (χ1n) is 18.3. The SMILES string of the molecule is CCCCCCCCCCCCCCCCCN(CCCCCCCC(C)C)CCCCCCCC(C)C. The Morgan fingerprint density at radius 2 is 0.553 bits per heavy atom. The molecule has 1 heteroatoms. The zero-order valence-corrected chi connectivity index (χ0v) is 27.8. The maximum atomic E-state index is 2.84. The molecule has 0 aromatic carbocycles. The maximum Gasteiger partial charge on any atom is -0.00187 e. The van der Waals surface area contributed by atoms with Crippen molar-refractivity contribution >= 4 is 0 Å². The number of hydrogen-bond acceptors (Lipinski definition) is 1. The molecule has 0 saturated carbocycles. The van der Waals surface area contributed by atoms with E-state index in [1.54, 1.807) is 0 Å². The molecule has 0 aliphatic rings. The average Bonchev–Trinajstić information content (AvgIpc) is 2.88. The van der Waals surface area contributed by atoms with Crippen molar-refractivity contribution in [1.29, 1.82) is 0 Å². The standard InChI is InChI=1S/C37H77N/c1-6-7-8-9-10-11-12-13-14-15-16-17-18-23-28-33-38(34-29-24-19-21-26-31-36(2)3)35-30-25-20-22-27-32-37(4)5/h36-37H,6-35H2,1-5H3. The minimum atomic E-state index is 0.880. The number of hydrogen-bond donors (Lipinski definition) is 0. The van der Waals surface area contributed by atoms with Gasteiger partial charge in [0.1, 0.15) is 0 Å². The van der Waals surface area contributed by atoms with E-state index in [0.717, 1.165) is 11.8 Å². The van der Waals surface area contributed by atoms with Gasteiger partial charge in [-0.2, -0.15) is 0 Å². The summed E-state index contributed by atoms with van der Waals surface area (Å²) >= 11 is 0. The van der Waals surface area contributed by atoms with Crippen LogP contribution in [0.15, 0.2) is 0 Å². The van der Waals surface area contributed by atoms with E-state index >= 15 is 0 Å². The lowest BCUT2D eigenvalue weighted by Gasteiger charge is -2.22. The Bertz CT molecular complexity index is 393. The van der Waals surface area contributed by atoms with Crippen LogP contribution in [0.25, 0.3) is 0 Å². The molecule has 0 rings (SSSR count). The maximum absolute atomic E-state index is 2.84. The first-order valence-corrected chi connectivity index (χ1v) is 18.3. The number of nitrogens with zero attached hydrogens (tertiary/aromatic N) is 1. The number of rotatable bonds is 32. The van der Waals surface area contributed by atoms with Gasteiger partial charge in [-0.1, -0.05) is 189 Å². The summed E-state index contributed by atoms with van der Waals surface area (Å²) < 4.78 is 0. The summed E-state index contributed by atoms with van der Waals surface area (Å²) in [7, 11) is 0. The molecule has 0 unspecified atom stereocenters. The highest BCUT2D eigenvalue weighted by atomic mass is 15.1. The van der Waals surface area contributed by atoms with Gasteiger partial charge in [0, 0.05) is 0 Å². The molecule has 0 aliphatic carbocycles. The van der Waals surface area contributed by atoms with E-state index < -0.39 is 0 Å². The predicted molar refractivity (Wildman–Crippen MR) is 176 cm³/mol. The fourth-order valence-corrected chi connectivity index (χ4v) is 5.88. The summed E-state index contributed by atoms with van der Waals surface area (Å²) in [4.78, 5) is 2.84. The van der Waals surface area contributed by atoms with Gasteiger partial charge in [-0.15, -0.1) is 0 Å². The third-order valence-corrected chi connectivity index (χ3v) is 8.59. The second-order valence-corrected chi connectivity index (χ2v) is 13.7. The molecular weight excluding hydrogens is 458 g/mol. The molecule has 230 valence electrons. The van der Waals surface area contributed by atoms with Gasteiger partial charge in [-0.25, -0.2) is 0 Å². The summed E-state index contributed by atoms with van der Waals surface area (Å²) in [5.74, 6) is 1.76. The molecule has 0 fully saturated rings. The van der Waals surface area contributed by atoms with E-state index in [0.29, 0.717) is 0 Å². The first-order chi connectivity index (χ1) is 18.6. The molecule has 0 radical (unpaired) electrons. The van der Waals surface area contributed by atoms with Crippen molar-refractivity contribution in [3.05, 3.63) is 0 Å². The summed E-state index contributed by atoms with van der Waals surface area (Å²) in [6.45, 7) is 15.8. The molecule has 0 aromatic rings. The van der Waals surface area contributed by atoms with Crippen LogP contribution in [0.2, 0.25) is 0 Å². The van der Waals surface area contributed by atoms with Gasteiger partial charge in [0.25, 0.3) is 0 Å². The Balaban J connectivity index is 3.80. The zero-order chi connectivity index (χ0) is 27.9. The molecule has 0 bridgehead atoms. The Labute approximate surface area is 244 Å². The van der Waals surface area contributed by atoms with E-state index in [2.05, 4.69) is 39.5 Å². The van der Waals surface area contributed by atoms with Gasteiger partial charge in [0.15, 0.2) is 0 Å². The predicted octanol–water partition coefficient (Wildman–Crippen LogP) is 13.2. The molecule has 0 amide bonds. The van der Waals surface area contributed by atoms with E-state index in [9.17, 15) is 0 Å². The number of unbranched alkanes of at least 4 members (excludes halogenated alkanes) is 22. The van der Waals surface area contributed by atoms with Crippen LogP contribution in [0, 0.1) is 11.8 Å². The second-order valence-electron chi connectivity index (χ2n) is 13.7. The van der Waals surface area contributed by atoms with Crippen molar-refractivity contribution in [1.82, 2.24) is 4.90 Å².